The molecule has 0 saturated carbocycles. The van der Waals surface area contributed by atoms with Crippen LogP contribution in [0.1, 0.15) is 30.3 Å². The van der Waals surface area contributed by atoms with Gasteiger partial charge in [0.2, 0.25) is 0 Å². The van der Waals surface area contributed by atoms with E-state index in [2.05, 4.69) is 20.9 Å². The summed E-state index contributed by atoms with van der Waals surface area (Å²) in [5.74, 6) is -0.512. The van der Waals surface area contributed by atoms with Crippen molar-refractivity contribution in [1.29, 1.82) is 0 Å². The SMILES string of the molecule is CCOC(=O)Cc1nc(C(F)F)c(Br)cc1CN. The summed E-state index contributed by atoms with van der Waals surface area (Å²) in [7, 11) is 0. The summed E-state index contributed by atoms with van der Waals surface area (Å²) in [4.78, 5) is 15.1. The van der Waals surface area contributed by atoms with Crippen LogP contribution in [0.2, 0.25) is 0 Å². The van der Waals surface area contributed by atoms with E-state index in [9.17, 15) is 13.6 Å². The van der Waals surface area contributed by atoms with Gasteiger partial charge < -0.3 is 10.5 Å². The van der Waals surface area contributed by atoms with Crippen LogP contribution in [0.4, 0.5) is 8.78 Å². The highest BCUT2D eigenvalue weighted by molar-refractivity contribution is 9.10. The van der Waals surface area contributed by atoms with Crippen molar-refractivity contribution in [3.8, 4) is 0 Å². The first-order valence-electron chi connectivity index (χ1n) is 5.31. The maximum absolute atomic E-state index is 12.7. The van der Waals surface area contributed by atoms with E-state index in [1.165, 1.54) is 6.07 Å². The van der Waals surface area contributed by atoms with Crippen LogP contribution in [0.5, 0.6) is 0 Å². The molecule has 0 aliphatic rings. The second-order valence-electron chi connectivity index (χ2n) is 3.45. The molecule has 18 heavy (non-hydrogen) atoms. The van der Waals surface area contributed by atoms with Crippen LogP contribution in [0, 0.1) is 0 Å². The van der Waals surface area contributed by atoms with Gasteiger partial charge >= 0.3 is 5.97 Å². The first-order valence-corrected chi connectivity index (χ1v) is 6.10. The predicted molar refractivity (Wildman–Crippen MR) is 65.1 cm³/mol. The maximum atomic E-state index is 12.7. The average molecular weight is 323 g/mol. The van der Waals surface area contributed by atoms with Crippen LogP contribution in [0.3, 0.4) is 0 Å². The Morgan fingerprint density at radius 3 is 2.78 bits per heavy atom. The molecule has 4 nitrogen and oxygen atoms in total. The third-order valence-corrected chi connectivity index (χ3v) is 2.85. The highest BCUT2D eigenvalue weighted by atomic mass is 79.9. The van der Waals surface area contributed by atoms with E-state index in [1.54, 1.807) is 6.92 Å². The standard InChI is InChI=1S/C11H13BrF2N2O2/c1-2-18-9(17)4-8-6(5-15)3-7(12)10(16-8)11(13)14/h3,11H,2,4-5,15H2,1H3. The number of hydrogen-bond donors (Lipinski definition) is 1. The number of halogens is 3. The fourth-order valence-corrected chi connectivity index (χ4v) is 1.95. The molecule has 100 valence electrons. The van der Waals surface area contributed by atoms with Crippen LogP contribution in [0.25, 0.3) is 0 Å². The van der Waals surface area contributed by atoms with E-state index in [-0.39, 0.29) is 29.7 Å². The van der Waals surface area contributed by atoms with Crippen LogP contribution < -0.4 is 5.73 Å². The zero-order valence-electron chi connectivity index (χ0n) is 9.75. The Bertz CT molecular complexity index is 441. The fraction of sp³-hybridized carbons (Fsp3) is 0.455. The number of rotatable bonds is 5. The summed E-state index contributed by atoms with van der Waals surface area (Å²) in [6.07, 6.45) is -2.87. The fourth-order valence-electron chi connectivity index (χ4n) is 1.41. The number of pyridine rings is 1. The molecule has 1 rings (SSSR count). The largest absolute Gasteiger partial charge is 0.466 e. The summed E-state index contributed by atoms with van der Waals surface area (Å²) >= 11 is 3.01. The minimum Gasteiger partial charge on any atom is -0.466 e. The quantitative estimate of drug-likeness (QED) is 0.845. The average Bonchev–Trinajstić information content (AvgIpc) is 2.30. The monoisotopic (exact) mass is 322 g/mol. The van der Waals surface area contributed by atoms with Gasteiger partial charge in [0.1, 0.15) is 5.69 Å². The number of alkyl halides is 2. The lowest BCUT2D eigenvalue weighted by molar-refractivity contribution is -0.142. The van der Waals surface area contributed by atoms with E-state index >= 15 is 0 Å². The Kier molecular flexibility index (Phi) is 5.61. The molecule has 0 amide bonds. The molecule has 0 fully saturated rings. The molecular formula is C11H13BrF2N2O2. The van der Waals surface area contributed by atoms with E-state index < -0.39 is 18.1 Å². The van der Waals surface area contributed by atoms with Crippen molar-refractivity contribution in [2.45, 2.75) is 26.3 Å². The van der Waals surface area contributed by atoms with Gasteiger partial charge in [0.05, 0.1) is 18.7 Å². The van der Waals surface area contributed by atoms with Crippen molar-refractivity contribution in [2.75, 3.05) is 6.61 Å². The molecule has 0 saturated heterocycles. The lowest BCUT2D eigenvalue weighted by atomic mass is 10.1. The number of carbonyl (C=O) groups is 1. The molecule has 1 aromatic heterocycles. The van der Waals surface area contributed by atoms with Gasteiger partial charge in [0.25, 0.3) is 6.43 Å². The molecular weight excluding hydrogens is 310 g/mol. The highest BCUT2D eigenvalue weighted by Crippen LogP contribution is 2.27. The van der Waals surface area contributed by atoms with Crippen molar-refractivity contribution in [1.82, 2.24) is 4.98 Å². The topological polar surface area (TPSA) is 65.2 Å². The third-order valence-electron chi connectivity index (χ3n) is 2.22. The number of nitrogens with two attached hydrogens (primary N) is 1. The number of ether oxygens (including phenoxy) is 1. The molecule has 2 N–H and O–H groups in total. The summed E-state index contributed by atoms with van der Waals surface area (Å²) in [6.45, 7) is 2.01. The lowest BCUT2D eigenvalue weighted by Crippen LogP contribution is -2.14. The Morgan fingerprint density at radius 1 is 1.61 bits per heavy atom. The molecule has 1 heterocycles. The lowest BCUT2D eigenvalue weighted by Gasteiger charge is -2.11. The first-order chi connectivity index (χ1) is 8.49. The number of carbonyl (C=O) groups excluding carboxylic acids is 1. The normalized spacial score (nSPS) is 10.8. The second-order valence-corrected chi connectivity index (χ2v) is 4.30. The van der Waals surface area contributed by atoms with Gasteiger partial charge in [-0.3, -0.25) is 4.79 Å². The molecule has 7 heteroatoms. The Labute approximate surface area is 112 Å². The van der Waals surface area contributed by atoms with Gasteiger partial charge in [-0.25, -0.2) is 13.8 Å². The molecule has 0 bridgehead atoms. The molecule has 0 aromatic carbocycles. The van der Waals surface area contributed by atoms with Gasteiger partial charge in [-0.05, 0) is 34.5 Å². The van der Waals surface area contributed by atoms with Gasteiger partial charge in [-0.15, -0.1) is 0 Å². The van der Waals surface area contributed by atoms with Gasteiger partial charge in [-0.1, -0.05) is 0 Å². The minimum absolute atomic E-state index is 0.115. The van der Waals surface area contributed by atoms with E-state index in [1.807, 2.05) is 0 Å². The Hall–Kier alpha value is -1.08. The molecule has 0 spiro atoms. The summed E-state index contributed by atoms with van der Waals surface area (Å²) in [5, 5.41) is 0. The van der Waals surface area contributed by atoms with Crippen molar-refractivity contribution < 1.29 is 18.3 Å². The van der Waals surface area contributed by atoms with Crippen LogP contribution in [-0.2, 0) is 22.5 Å². The number of hydrogen-bond acceptors (Lipinski definition) is 4. The molecule has 0 aliphatic heterocycles. The maximum Gasteiger partial charge on any atom is 0.311 e. The molecule has 0 unspecified atom stereocenters. The smallest absolute Gasteiger partial charge is 0.311 e. The first kappa shape index (κ1) is 15.0. The van der Waals surface area contributed by atoms with E-state index in [0.29, 0.717) is 5.56 Å². The number of esters is 1. The van der Waals surface area contributed by atoms with Gasteiger partial charge in [-0.2, -0.15) is 0 Å². The van der Waals surface area contributed by atoms with E-state index in [0.717, 1.165) is 0 Å². The number of nitrogens with zero attached hydrogens (tertiary/aromatic N) is 1. The highest BCUT2D eigenvalue weighted by Gasteiger charge is 2.18. The van der Waals surface area contributed by atoms with Crippen molar-refractivity contribution >= 4 is 21.9 Å². The second kappa shape index (κ2) is 6.75. The minimum atomic E-state index is -2.72. The van der Waals surface area contributed by atoms with E-state index in [4.69, 9.17) is 10.5 Å². The summed E-state index contributed by atoms with van der Waals surface area (Å²) < 4.78 is 30.3. The molecule has 0 radical (unpaired) electrons. The molecule has 0 aliphatic carbocycles. The Morgan fingerprint density at radius 2 is 2.28 bits per heavy atom. The zero-order valence-corrected chi connectivity index (χ0v) is 11.3. The zero-order chi connectivity index (χ0) is 13.7. The number of aromatic nitrogens is 1. The molecule has 1 aromatic rings. The van der Waals surface area contributed by atoms with Crippen LogP contribution in [-0.4, -0.2) is 17.6 Å². The van der Waals surface area contributed by atoms with Crippen molar-refractivity contribution in [2.24, 2.45) is 5.73 Å². The summed E-state index contributed by atoms with van der Waals surface area (Å²) in [6, 6.07) is 1.46. The van der Waals surface area contributed by atoms with Crippen molar-refractivity contribution in [3.05, 3.63) is 27.5 Å². The molecule has 0 atom stereocenters. The van der Waals surface area contributed by atoms with Gasteiger partial charge in [0, 0.05) is 11.0 Å². The van der Waals surface area contributed by atoms with Crippen molar-refractivity contribution in [3.63, 3.8) is 0 Å². The van der Waals surface area contributed by atoms with Gasteiger partial charge in [0.15, 0.2) is 0 Å². The van der Waals surface area contributed by atoms with Crippen LogP contribution >= 0.6 is 15.9 Å². The summed E-state index contributed by atoms with van der Waals surface area (Å²) in [5.41, 5.74) is 5.87. The van der Waals surface area contributed by atoms with Crippen LogP contribution in [0.15, 0.2) is 10.5 Å². The Balaban J connectivity index is 3.08. The third kappa shape index (κ3) is 3.71. The predicted octanol–water partition coefficient (Wildman–Crippen LogP) is 2.35.